The van der Waals surface area contributed by atoms with Crippen molar-refractivity contribution in [2.45, 2.75) is 38.3 Å². The fourth-order valence-corrected chi connectivity index (χ4v) is 3.29. The predicted molar refractivity (Wildman–Crippen MR) is 78.2 cm³/mol. The maximum atomic E-state index is 12.7. The normalized spacial score (nSPS) is 24.7. The molecule has 0 bridgehead atoms. The minimum atomic E-state index is -0.925. The van der Waals surface area contributed by atoms with E-state index in [4.69, 9.17) is 5.11 Å². The van der Waals surface area contributed by atoms with Gasteiger partial charge in [-0.1, -0.05) is 6.07 Å². The van der Waals surface area contributed by atoms with E-state index in [1.54, 1.807) is 12.1 Å². The number of benzene rings is 1. The number of nitrogens with one attached hydrogen (secondary N) is 1. The molecule has 0 spiro atoms. The molecule has 0 radical (unpaired) electrons. The molecular formula is C16H20N2O3. The number of carboxylic acid groups (broad SMARTS) is 1. The zero-order valence-corrected chi connectivity index (χ0v) is 12.2. The fraction of sp³-hybridized carbons (Fsp3) is 0.500. The van der Waals surface area contributed by atoms with Crippen molar-refractivity contribution in [1.29, 1.82) is 0 Å². The van der Waals surface area contributed by atoms with Crippen molar-refractivity contribution in [1.82, 2.24) is 10.2 Å². The molecule has 112 valence electrons. The van der Waals surface area contributed by atoms with Crippen molar-refractivity contribution in [2.24, 2.45) is 0 Å². The van der Waals surface area contributed by atoms with Gasteiger partial charge in [0.1, 0.15) is 0 Å². The summed E-state index contributed by atoms with van der Waals surface area (Å²) >= 11 is 0. The topological polar surface area (TPSA) is 69.6 Å². The monoisotopic (exact) mass is 288 g/mol. The van der Waals surface area contributed by atoms with Crippen LogP contribution in [0.2, 0.25) is 0 Å². The molecule has 2 aliphatic rings. The van der Waals surface area contributed by atoms with Gasteiger partial charge in [0.25, 0.3) is 0 Å². The quantitative estimate of drug-likeness (QED) is 0.863. The van der Waals surface area contributed by atoms with E-state index in [9.17, 15) is 9.59 Å². The minimum Gasteiger partial charge on any atom is -0.478 e. The molecular weight excluding hydrogens is 268 g/mol. The zero-order valence-electron chi connectivity index (χ0n) is 12.2. The molecule has 1 amide bonds. The number of rotatable bonds is 2. The van der Waals surface area contributed by atoms with Crippen molar-refractivity contribution in [3.63, 3.8) is 0 Å². The van der Waals surface area contributed by atoms with Crippen LogP contribution in [0.3, 0.4) is 0 Å². The molecule has 1 saturated heterocycles. The molecule has 2 N–H and O–H groups in total. The smallest absolute Gasteiger partial charge is 0.335 e. The Bertz CT molecular complexity index is 591. The molecule has 0 aliphatic carbocycles. The number of nitrogens with zero attached hydrogens (tertiary/aromatic N) is 1. The van der Waals surface area contributed by atoms with Gasteiger partial charge in [-0.2, -0.15) is 0 Å². The summed E-state index contributed by atoms with van der Waals surface area (Å²) in [6, 6.07) is 5.20. The van der Waals surface area contributed by atoms with E-state index in [-0.39, 0.29) is 11.5 Å². The van der Waals surface area contributed by atoms with Crippen LogP contribution < -0.4 is 5.32 Å². The lowest BCUT2D eigenvalue weighted by Gasteiger charge is -2.35. The van der Waals surface area contributed by atoms with Crippen LogP contribution in [0.25, 0.3) is 0 Å². The van der Waals surface area contributed by atoms with Crippen LogP contribution >= 0.6 is 0 Å². The minimum absolute atomic E-state index is 0.131. The fourth-order valence-electron chi connectivity index (χ4n) is 3.29. The summed E-state index contributed by atoms with van der Waals surface area (Å²) in [5, 5.41) is 12.4. The lowest BCUT2D eigenvalue weighted by atomic mass is 9.93. The first-order valence-corrected chi connectivity index (χ1v) is 7.39. The molecule has 5 nitrogen and oxygen atoms in total. The van der Waals surface area contributed by atoms with E-state index < -0.39 is 11.5 Å². The summed E-state index contributed by atoms with van der Waals surface area (Å²) in [6.45, 7) is 4.06. The van der Waals surface area contributed by atoms with Gasteiger partial charge in [-0.15, -0.1) is 0 Å². The summed E-state index contributed by atoms with van der Waals surface area (Å²) in [5.41, 5.74) is 1.93. The van der Waals surface area contributed by atoms with Crippen molar-refractivity contribution >= 4 is 11.9 Å². The average Bonchev–Trinajstić information content (AvgIpc) is 2.93. The highest BCUT2D eigenvalue weighted by Crippen LogP contribution is 2.26. The number of fused-ring (bicyclic) bond motifs is 1. The molecule has 21 heavy (non-hydrogen) atoms. The first kappa shape index (κ1) is 14.1. The second-order valence-corrected chi connectivity index (χ2v) is 6.13. The Balaban J connectivity index is 1.81. The number of hydrogen-bond donors (Lipinski definition) is 2. The molecule has 1 atom stereocenters. The van der Waals surface area contributed by atoms with Gasteiger partial charge in [-0.25, -0.2) is 4.79 Å². The SMILES string of the molecule is CC1(C(=O)N2CCc3ccc(C(=O)O)cc3C2)CCCN1. The van der Waals surface area contributed by atoms with Crippen molar-refractivity contribution in [2.75, 3.05) is 13.1 Å². The molecule has 1 fully saturated rings. The summed E-state index contributed by atoms with van der Waals surface area (Å²) in [6.07, 6.45) is 2.68. The van der Waals surface area contributed by atoms with Gasteiger partial charge in [0.15, 0.2) is 0 Å². The number of hydrogen-bond acceptors (Lipinski definition) is 3. The Kier molecular flexibility index (Phi) is 3.45. The van der Waals surface area contributed by atoms with Crippen LogP contribution in [-0.2, 0) is 17.8 Å². The Morgan fingerprint density at radius 3 is 2.81 bits per heavy atom. The summed E-state index contributed by atoms with van der Waals surface area (Å²) in [7, 11) is 0. The van der Waals surface area contributed by atoms with Crippen LogP contribution in [0.5, 0.6) is 0 Å². The van der Waals surface area contributed by atoms with E-state index in [2.05, 4.69) is 5.32 Å². The van der Waals surface area contributed by atoms with Gasteiger partial charge in [0.2, 0.25) is 5.91 Å². The Morgan fingerprint density at radius 2 is 2.14 bits per heavy atom. The molecule has 1 unspecified atom stereocenters. The zero-order chi connectivity index (χ0) is 15.0. The molecule has 0 aromatic heterocycles. The number of amides is 1. The van der Waals surface area contributed by atoms with Gasteiger partial charge in [-0.05, 0) is 56.0 Å². The largest absolute Gasteiger partial charge is 0.478 e. The summed E-state index contributed by atoms with van der Waals surface area (Å²) in [4.78, 5) is 25.6. The first-order valence-electron chi connectivity index (χ1n) is 7.39. The number of carbonyl (C=O) groups excluding carboxylic acids is 1. The molecule has 2 heterocycles. The predicted octanol–water partition coefficient (Wildman–Crippen LogP) is 1.41. The lowest BCUT2D eigenvalue weighted by molar-refractivity contribution is -0.138. The first-order chi connectivity index (χ1) is 9.99. The molecule has 1 aromatic carbocycles. The molecule has 1 aromatic rings. The molecule has 2 aliphatic heterocycles. The Morgan fingerprint density at radius 1 is 1.33 bits per heavy atom. The van der Waals surface area contributed by atoms with Crippen molar-refractivity contribution in [3.8, 4) is 0 Å². The highest BCUT2D eigenvalue weighted by Gasteiger charge is 2.39. The van der Waals surface area contributed by atoms with E-state index in [0.29, 0.717) is 13.1 Å². The van der Waals surface area contributed by atoms with Gasteiger partial charge in [0, 0.05) is 13.1 Å². The van der Waals surface area contributed by atoms with E-state index in [0.717, 1.165) is 36.9 Å². The number of aromatic carboxylic acids is 1. The lowest BCUT2D eigenvalue weighted by Crippen LogP contribution is -2.53. The summed E-state index contributed by atoms with van der Waals surface area (Å²) in [5.74, 6) is -0.794. The number of carbonyl (C=O) groups is 2. The van der Waals surface area contributed by atoms with Gasteiger partial charge in [0.05, 0.1) is 11.1 Å². The van der Waals surface area contributed by atoms with Gasteiger partial charge < -0.3 is 15.3 Å². The van der Waals surface area contributed by atoms with Gasteiger partial charge >= 0.3 is 5.97 Å². The Labute approximate surface area is 123 Å². The standard InChI is InChI=1S/C16H20N2O3/c1-16(6-2-7-17-16)15(21)18-8-5-11-3-4-12(14(19)20)9-13(11)10-18/h3-4,9,17H,2,5-8,10H2,1H3,(H,19,20). The maximum absolute atomic E-state index is 12.7. The Hall–Kier alpha value is -1.88. The second-order valence-electron chi connectivity index (χ2n) is 6.13. The van der Waals surface area contributed by atoms with E-state index in [1.807, 2.05) is 17.9 Å². The van der Waals surface area contributed by atoms with Crippen molar-refractivity contribution in [3.05, 3.63) is 34.9 Å². The molecule has 3 rings (SSSR count). The van der Waals surface area contributed by atoms with Crippen molar-refractivity contribution < 1.29 is 14.7 Å². The average molecular weight is 288 g/mol. The number of carboxylic acids is 1. The van der Waals surface area contributed by atoms with Crippen LogP contribution in [0.1, 0.15) is 41.3 Å². The van der Waals surface area contributed by atoms with Gasteiger partial charge in [-0.3, -0.25) is 4.79 Å². The highest BCUT2D eigenvalue weighted by atomic mass is 16.4. The summed E-state index contributed by atoms with van der Waals surface area (Å²) < 4.78 is 0. The highest BCUT2D eigenvalue weighted by molar-refractivity contribution is 5.88. The van der Waals surface area contributed by atoms with Crippen LogP contribution in [0, 0.1) is 0 Å². The third kappa shape index (κ3) is 2.53. The van der Waals surface area contributed by atoms with Crippen LogP contribution in [0.4, 0.5) is 0 Å². The molecule has 5 heteroatoms. The van der Waals surface area contributed by atoms with Crippen LogP contribution in [-0.4, -0.2) is 40.5 Å². The molecule has 0 saturated carbocycles. The van der Waals surface area contributed by atoms with E-state index >= 15 is 0 Å². The third-order valence-corrected chi connectivity index (χ3v) is 4.59. The van der Waals surface area contributed by atoms with E-state index in [1.165, 1.54) is 0 Å². The second kappa shape index (κ2) is 5.15. The van der Waals surface area contributed by atoms with Crippen LogP contribution in [0.15, 0.2) is 18.2 Å². The third-order valence-electron chi connectivity index (χ3n) is 4.59. The maximum Gasteiger partial charge on any atom is 0.335 e.